The molecule has 0 spiro atoms. The summed E-state index contributed by atoms with van der Waals surface area (Å²) in [5.41, 5.74) is -0.444. The Kier molecular flexibility index (Phi) is 7.01. The Morgan fingerprint density at radius 2 is 1.96 bits per heavy atom. The monoisotopic (exact) mass is 414 g/mol. The van der Waals surface area contributed by atoms with Crippen molar-refractivity contribution < 1.29 is 9.53 Å². The van der Waals surface area contributed by atoms with E-state index in [9.17, 15) is 4.79 Å². The number of amides is 1. The topological polar surface area (TPSA) is 32.8 Å². The van der Waals surface area contributed by atoms with Crippen molar-refractivity contribution in [1.29, 1.82) is 0 Å². The van der Waals surface area contributed by atoms with Crippen molar-refractivity contribution in [2.45, 2.75) is 57.1 Å². The second kappa shape index (κ2) is 8.59. The molecule has 0 aromatic heterocycles. The fraction of sp³-hybridized carbons (Fsp3) is 0.611. The van der Waals surface area contributed by atoms with Crippen LogP contribution in [0.15, 0.2) is 33.6 Å². The molecule has 0 N–H and O–H groups in total. The molecule has 24 heavy (non-hydrogen) atoms. The fourth-order valence-electron chi connectivity index (χ4n) is 2.65. The molecule has 1 aliphatic rings. The van der Waals surface area contributed by atoms with E-state index in [1.54, 1.807) is 11.9 Å². The maximum atomic E-state index is 12.3. The number of nitrogens with zero attached hydrogens (tertiary/aromatic N) is 2. The van der Waals surface area contributed by atoms with Crippen LogP contribution in [0.2, 0.25) is 0 Å². The Morgan fingerprint density at radius 1 is 1.29 bits per heavy atom. The Morgan fingerprint density at radius 3 is 2.54 bits per heavy atom. The molecule has 0 aliphatic carbocycles. The lowest BCUT2D eigenvalue weighted by atomic mass is 10.1. The van der Waals surface area contributed by atoms with Gasteiger partial charge in [-0.3, -0.25) is 0 Å². The third-order valence-electron chi connectivity index (χ3n) is 3.74. The maximum absolute atomic E-state index is 12.3. The first-order valence-corrected chi connectivity index (χ1v) is 10.0. The van der Waals surface area contributed by atoms with Crippen molar-refractivity contribution in [3.8, 4) is 0 Å². The predicted molar refractivity (Wildman–Crippen MR) is 103 cm³/mol. The van der Waals surface area contributed by atoms with Gasteiger partial charge in [0, 0.05) is 35.0 Å². The summed E-state index contributed by atoms with van der Waals surface area (Å²) in [6.45, 7) is 10.2. The molecule has 6 heteroatoms. The van der Waals surface area contributed by atoms with Gasteiger partial charge in [-0.1, -0.05) is 29.3 Å². The minimum absolute atomic E-state index is 0.197. The zero-order valence-corrected chi connectivity index (χ0v) is 17.3. The van der Waals surface area contributed by atoms with Gasteiger partial charge in [-0.2, -0.15) is 0 Å². The number of benzene rings is 1. The lowest BCUT2D eigenvalue weighted by molar-refractivity contribution is 0.0135. The summed E-state index contributed by atoms with van der Waals surface area (Å²) in [4.78, 5) is 15.4. The standard InChI is InChI=1S/C18H27BrN2O2S/c1-5-6-15-13-20(17(22)23-18(2,3)4)11-12-21(15)24-16-9-7-14(19)8-10-16/h7-10,15H,5-6,11-13H2,1-4H3. The SMILES string of the molecule is CCCC1CN(C(=O)OC(C)(C)C)CCN1Sc1ccc(Br)cc1. The van der Waals surface area contributed by atoms with Gasteiger partial charge in [0.1, 0.15) is 5.60 Å². The zero-order valence-electron chi connectivity index (χ0n) is 14.9. The van der Waals surface area contributed by atoms with Crippen LogP contribution in [-0.2, 0) is 4.74 Å². The molecule has 1 fully saturated rings. The van der Waals surface area contributed by atoms with Crippen LogP contribution in [0, 0.1) is 0 Å². The Labute approximate surface area is 158 Å². The van der Waals surface area contributed by atoms with Gasteiger partial charge in [-0.15, -0.1) is 0 Å². The number of piperazine rings is 1. The highest BCUT2D eigenvalue weighted by Crippen LogP contribution is 2.30. The van der Waals surface area contributed by atoms with Crippen LogP contribution >= 0.6 is 27.9 Å². The van der Waals surface area contributed by atoms with E-state index >= 15 is 0 Å². The van der Waals surface area contributed by atoms with Crippen molar-refractivity contribution >= 4 is 34.0 Å². The number of halogens is 1. The van der Waals surface area contributed by atoms with E-state index in [0.29, 0.717) is 12.6 Å². The first kappa shape index (κ1) is 19.6. The normalized spacial score (nSPS) is 19.4. The van der Waals surface area contributed by atoms with Crippen LogP contribution < -0.4 is 0 Å². The molecule has 0 saturated carbocycles. The van der Waals surface area contributed by atoms with Crippen molar-refractivity contribution in [3.05, 3.63) is 28.7 Å². The summed E-state index contributed by atoms with van der Waals surface area (Å²) in [7, 11) is 0. The van der Waals surface area contributed by atoms with Crippen molar-refractivity contribution in [2.24, 2.45) is 0 Å². The average Bonchev–Trinajstić information content (AvgIpc) is 2.49. The molecule has 1 heterocycles. The molecule has 1 saturated heterocycles. The molecule has 1 unspecified atom stereocenters. The van der Waals surface area contributed by atoms with Gasteiger partial charge in [-0.05, 0) is 63.4 Å². The van der Waals surface area contributed by atoms with E-state index in [-0.39, 0.29) is 6.09 Å². The number of hydrogen-bond acceptors (Lipinski definition) is 4. The van der Waals surface area contributed by atoms with Crippen LogP contribution in [0.25, 0.3) is 0 Å². The second-order valence-corrected chi connectivity index (χ2v) is 9.09. The van der Waals surface area contributed by atoms with Crippen LogP contribution in [0.1, 0.15) is 40.5 Å². The van der Waals surface area contributed by atoms with Gasteiger partial charge in [0.2, 0.25) is 0 Å². The summed E-state index contributed by atoms with van der Waals surface area (Å²) in [6.07, 6.45) is 1.98. The molecular weight excluding hydrogens is 388 g/mol. The molecule has 0 bridgehead atoms. The quantitative estimate of drug-likeness (QED) is 0.635. The van der Waals surface area contributed by atoms with Crippen molar-refractivity contribution in [3.63, 3.8) is 0 Å². The van der Waals surface area contributed by atoms with Crippen LogP contribution in [-0.4, -0.2) is 46.6 Å². The van der Waals surface area contributed by atoms with Crippen LogP contribution in [0.5, 0.6) is 0 Å². The lowest BCUT2D eigenvalue weighted by Gasteiger charge is -2.40. The molecule has 134 valence electrons. The summed E-state index contributed by atoms with van der Waals surface area (Å²) < 4.78 is 9.03. The van der Waals surface area contributed by atoms with E-state index in [1.807, 2.05) is 25.7 Å². The number of carbonyl (C=O) groups excluding carboxylic acids is 1. The number of carbonyl (C=O) groups is 1. The first-order chi connectivity index (χ1) is 11.3. The highest BCUT2D eigenvalue weighted by molar-refractivity contribution is 9.10. The number of rotatable bonds is 4. The van der Waals surface area contributed by atoms with Crippen molar-refractivity contribution in [1.82, 2.24) is 9.21 Å². The molecule has 1 aromatic rings. The molecule has 4 nitrogen and oxygen atoms in total. The van der Waals surface area contributed by atoms with E-state index in [1.165, 1.54) is 4.90 Å². The Balaban J connectivity index is 1.99. The Bertz CT molecular complexity index is 545. The van der Waals surface area contributed by atoms with E-state index in [0.717, 1.165) is 30.4 Å². The molecule has 1 aliphatic heterocycles. The van der Waals surface area contributed by atoms with Crippen LogP contribution in [0.4, 0.5) is 4.79 Å². The third-order valence-corrected chi connectivity index (χ3v) is 5.47. The number of ether oxygens (including phenoxy) is 1. The molecule has 2 rings (SSSR count). The van der Waals surface area contributed by atoms with Gasteiger partial charge in [0.05, 0.1) is 0 Å². The van der Waals surface area contributed by atoms with E-state index in [2.05, 4.69) is 51.4 Å². The zero-order chi connectivity index (χ0) is 17.7. The second-order valence-electron chi connectivity index (χ2n) is 7.05. The summed E-state index contributed by atoms with van der Waals surface area (Å²) in [5.74, 6) is 0. The summed E-state index contributed by atoms with van der Waals surface area (Å²) in [5, 5.41) is 0. The highest BCUT2D eigenvalue weighted by Gasteiger charge is 2.32. The summed E-state index contributed by atoms with van der Waals surface area (Å²) >= 11 is 5.26. The predicted octanol–water partition coefficient (Wildman–Crippen LogP) is 5.18. The average molecular weight is 415 g/mol. The number of hydrogen-bond donors (Lipinski definition) is 0. The lowest BCUT2D eigenvalue weighted by Crippen LogP contribution is -2.53. The Hall–Kier alpha value is -0.720. The molecule has 1 atom stereocenters. The summed E-state index contributed by atoms with van der Waals surface area (Å²) in [6, 6.07) is 8.72. The van der Waals surface area contributed by atoms with Gasteiger partial charge < -0.3 is 9.64 Å². The van der Waals surface area contributed by atoms with Gasteiger partial charge in [0.25, 0.3) is 0 Å². The van der Waals surface area contributed by atoms with Gasteiger partial charge in [-0.25, -0.2) is 9.10 Å². The van der Waals surface area contributed by atoms with E-state index < -0.39 is 5.60 Å². The molecule has 1 amide bonds. The largest absolute Gasteiger partial charge is 0.444 e. The maximum Gasteiger partial charge on any atom is 0.410 e. The van der Waals surface area contributed by atoms with Gasteiger partial charge in [0.15, 0.2) is 0 Å². The smallest absolute Gasteiger partial charge is 0.410 e. The highest BCUT2D eigenvalue weighted by atomic mass is 79.9. The fourth-order valence-corrected chi connectivity index (χ4v) is 3.94. The minimum atomic E-state index is -0.444. The third kappa shape index (κ3) is 5.97. The molecular formula is C18H27BrN2O2S. The minimum Gasteiger partial charge on any atom is -0.444 e. The van der Waals surface area contributed by atoms with Crippen LogP contribution in [0.3, 0.4) is 0 Å². The van der Waals surface area contributed by atoms with Crippen molar-refractivity contribution in [2.75, 3.05) is 19.6 Å². The molecule has 0 radical (unpaired) electrons. The first-order valence-electron chi connectivity index (χ1n) is 8.46. The molecule has 1 aromatic carbocycles. The van der Waals surface area contributed by atoms with E-state index in [4.69, 9.17) is 4.74 Å². The van der Waals surface area contributed by atoms with Gasteiger partial charge >= 0.3 is 6.09 Å².